The second kappa shape index (κ2) is 3.96. The van der Waals surface area contributed by atoms with Crippen molar-refractivity contribution in [2.75, 3.05) is 0 Å². The molecule has 0 aromatic heterocycles. The van der Waals surface area contributed by atoms with Crippen LogP contribution in [0.4, 0.5) is 0 Å². The van der Waals surface area contributed by atoms with Gasteiger partial charge < -0.3 is 5.73 Å². The molecule has 0 saturated heterocycles. The van der Waals surface area contributed by atoms with Crippen molar-refractivity contribution < 1.29 is 0 Å². The molecule has 1 nitrogen and oxygen atoms in total. The van der Waals surface area contributed by atoms with Gasteiger partial charge in [0, 0.05) is 0 Å². The van der Waals surface area contributed by atoms with Crippen molar-refractivity contribution in [3.8, 4) is 0 Å². The maximum Gasteiger partial charge on any atom is -0.0678 e. The molecule has 0 bridgehead atoms. The molecule has 0 spiro atoms. The molecule has 0 saturated carbocycles. The fourth-order valence-corrected chi connectivity index (χ4v) is 0.167. The van der Waals surface area contributed by atoms with Crippen LogP contribution in [0.1, 0.15) is 19.8 Å². The highest BCUT2D eigenvalue weighted by molar-refractivity contribution is 4.47. The molecule has 0 rings (SSSR count). The van der Waals surface area contributed by atoms with Gasteiger partial charge in [-0.1, -0.05) is 13.3 Å². The van der Waals surface area contributed by atoms with E-state index in [2.05, 4.69) is 6.92 Å². The van der Waals surface area contributed by atoms with Crippen LogP contribution in [0.15, 0.2) is 0 Å². The average Bonchev–Trinajstić information content (AvgIpc) is 1.41. The lowest BCUT2D eigenvalue weighted by Crippen LogP contribution is -1.86. The molecule has 0 aliphatic carbocycles. The molecular weight excluding hydrogens is 62.1 g/mol. The topological polar surface area (TPSA) is 26.0 Å². The van der Waals surface area contributed by atoms with Crippen molar-refractivity contribution in [2.24, 2.45) is 5.73 Å². The maximum absolute atomic E-state index is 5.01. The first-order valence-electron chi connectivity index (χ1n) is 1.95. The molecular formula is C4H10N-. The maximum atomic E-state index is 5.01. The molecule has 0 aromatic rings. The van der Waals surface area contributed by atoms with Gasteiger partial charge >= 0.3 is 0 Å². The van der Waals surface area contributed by atoms with Crippen LogP contribution in [0.3, 0.4) is 0 Å². The highest BCUT2D eigenvalue weighted by Crippen LogP contribution is 1.81. The third-order valence-corrected chi connectivity index (χ3v) is 0.455. The van der Waals surface area contributed by atoms with Gasteiger partial charge in [-0.2, -0.15) is 6.42 Å². The van der Waals surface area contributed by atoms with Crippen LogP contribution >= 0.6 is 0 Å². The summed E-state index contributed by atoms with van der Waals surface area (Å²) in [6, 6.07) is 0. The monoisotopic (exact) mass is 72.1 g/mol. The lowest BCUT2D eigenvalue weighted by molar-refractivity contribution is 0.887. The first-order chi connectivity index (χ1) is 2.41. The number of hydrogen-bond acceptors (Lipinski definition) is 1. The SMILES string of the molecule is CCC[CH-]N. The lowest BCUT2D eigenvalue weighted by atomic mass is 10.3. The summed E-state index contributed by atoms with van der Waals surface area (Å²) in [5, 5.41) is 0. The first kappa shape index (κ1) is 4.96. The predicted molar refractivity (Wildman–Crippen MR) is 23.4 cm³/mol. The lowest BCUT2D eigenvalue weighted by Gasteiger charge is -1.94. The van der Waals surface area contributed by atoms with Crippen molar-refractivity contribution in [1.29, 1.82) is 0 Å². The highest BCUT2D eigenvalue weighted by atomic mass is 14.5. The molecule has 0 heterocycles. The van der Waals surface area contributed by atoms with Crippen LogP contribution in [-0.2, 0) is 0 Å². The Kier molecular flexibility index (Phi) is 3.93. The molecule has 32 valence electrons. The van der Waals surface area contributed by atoms with E-state index in [1.165, 1.54) is 0 Å². The van der Waals surface area contributed by atoms with Gasteiger partial charge in [-0.05, 0) is 0 Å². The standard InChI is InChI=1S/C4H10N/c1-2-3-4-5/h4H,2-3,5H2,1H3/q-1. The Morgan fingerprint density at radius 2 is 2.40 bits per heavy atom. The molecule has 2 N–H and O–H groups in total. The minimum atomic E-state index is 1.04. The summed E-state index contributed by atoms with van der Waals surface area (Å²) >= 11 is 0. The van der Waals surface area contributed by atoms with Crippen molar-refractivity contribution >= 4 is 0 Å². The van der Waals surface area contributed by atoms with Gasteiger partial charge in [0.25, 0.3) is 0 Å². The van der Waals surface area contributed by atoms with E-state index in [0.717, 1.165) is 12.8 Å². The zero-order valence-corrected chi connectivity index (χ0v) is 3.57. The fraction of sp³-hybridized carbons (Fsp3) is 0.750. The molecule has 5 heavy (non-hydrogen) atoms. The molecule has 0 aliphatic heterocycles. The largest absolute Gasteiger partial charge is 0.483 e. The average molecular weight is 72.1 g/mol. The Morgan fingerprint density at radius 3 is 2.40 bits per heavy atom. The van der Waals surface area contributed by atoms with Crippen LogP contribution in [0.25, 0.3) is 0 Å². The Bertz CT molecular complexity index is 11.1. The van der Waals surface area contributed by atoms with E-state index in [1.807, 2.05) is 0 Å². The van der Waals surface area contributed by atoms with E-state index in [-0.39, 0.29) is 0 Å². The van der Waals surface area contributed by atoms with Crippen molar-refractivity contribution in [3.63, 3.8) is 0 Å². The van der Waals surface area contributed by atoms with Crippen LogP contribution in [-0.4, -0.2) is 0 Å². The van der Waals surface area contributed by atoms with E-state index >= 15 is 0 Å². The fourth-order valence-electron chi connectivity index (χ4n) is 0.167. The van der Waals surface area contributed by atoms with Gasteiger partial charge in [-0.25, -0.2) is 0 Å². The third-order valence-electron chi connectivity index (χ3n) is 0.455. The second-order valence-corrected chi connectivity index (χ2v) is 1.02. The summed E-state index contributed by atoms with van der Waals surface area (Å²) in [6.07, 6.45) is 2.20. The van der Waals surface area contributed by atoms with Crippen molar-refractivity contribution in [2.45, 2.75) is 19.8 Å². The van der Waals surface area contributed by atoms with Gasteiger partial charge in [0.15, 0.2) is 0 Å². The Balaban J connectivity index is 2.19. The van der Waals surface area contributed by atoms with E-state index < -0.39 is 0 Å². The van der Waals surface area contributed by atoms with E-state index in [1.54, 1.807) is 6.54 Å². The Morgan fingerprint density at radius 1 is 1.80 bits per heavy atom. The summed E-state index contributed by atoms with van der Waals surface area (Å²) < 4.78 is 0. The van der Waals surface area contributed by atoms with Crippen LogP contribution < -0.4 is 5.73 Å². The van der Waals surface area contributed by atoms with E-state index in [4.69, 9.17) is 5.73 Å². The zero-order valence-electron chi connectivity index (χ0n) is 3.57. The number of unbranched alkanes of at least 4 members (excludes halogenated alkanes) is 1. The predicted octanol–water partition coefficient (Wildman–Crippen LogP) is 0.907. The van der Waals surface area contributed by atoms with Crippen molar-refractivity contribution in [1.82, 2.24) is 0 Å². The summed E-state index contributed by atoms with van der Waals surface area (Å²) in [4.78, 5) is 0. The molecule has 0 amide bonds. The summed E-state index contributed by atoms with van der Waals surface area (Å²) in [5.41, 5.74) is 5.01. The highest BCUT2D eigenvalue weighted by Gasteiger charge is 1.56. The van der Waals surface area contributed by atoms with Crippen molar-refractivity contribution in [3.05, 3.63) is 6.54 Å². The van der Waals surface area contributed by atoms with Crippen LogP contribution in [0.2, 0.25) is 0 Å². The molecule has 1 heteroatoms. The van der Waals surface area contributed by atoms with Gasteiger partial charge in [0.2, 0.25) is 0 Å². The van der Waals surface area contributed by atoms with E-state index in [0.29, 0.717) is 0 Å². The molecule has 0 aliphatic rings. The van der Waals surface area contributed by atoms with Crippen LogP contribution in [0.5, 0.6) is 0 Å². The first-order valence-corrected chi connectivity index (χ1v) is 1.95. The van der Waals surface area contributed by atoms with Crippen LogP contribution in [0, 0.1) is 6.54 Å². The molecule has 0 radical (unpaired) electrons. The summed E-state index contributed by atoms with van der Waals surface area (Å²) in [5.74, 6) is 0. The Labute approximate surface area is 33.2 Å². The molecule has 0 atom stereocenters. The molecule has 0 unspecified atom stereocenters. The van der Waals surface area contributed by atoms with Gasteiger partial charge in [-0.15, -0.1) is 0 Å². The third kappa shape index (κ3) is 3.96. The summed E-state index contributed by atoms with van der Waals surface area (Å²) in [6.45, 7) is 3.78. The normalized spacial score (nSPS) is 8.40. The minimum absolute atomic E-state index is 1.04. The molecule has 0 fully saturated rings. The number of nitrogens with two attached hydrogens (primary N) is 1. The van der Waals surface area contributed by atoms with E-state index in [9.17, 15) is 0 Å². The Hall–Kier alpha value is -0.0400. The minimum Gasteiger partial charge on any atom is -0.483 e. The van der Waals surface area contributed by atoms with Gasteiger partial charge in [0.1, 0.15) is 0 Å². The number of hydrogen-bond donors (Lipinski definition) is 1. The summed E-state index contributed by atoms with van der Waals surface area (Å²) in [7, 11) is 0. The number of rotatable bonds is 2. The van der Waals surface area contributed by atoms with Gasteiger partial charge in [0.05, 0.1) is 0 Å². The smallest absolute Gasteiger partial charge is 0.0678 e. The molecule has 0 aromatic carbocycles. The second-order valence-electron chi connectivity index (χ2n) is 1.02. The zero-order chi connectivity index (χ0) is 4.12. The quantitative estimate of drug-likeness (QED) is 0.482. The van der Waals surface area contributed by atoms with Gasteiger partial charge in [-0.3, -0.25) is 6.54 Å².